The van der Waals surface area contributed by atoms with Gasteiger partial charge in [-0.3, -0.25) is 4.98 Å². The second kappa shape index (κ2) is 18.2. The van der Waals surface area contributed by atoms with Gasteiger partial charge in [-0.25, -0.2) is 10.7 Å². The summed E-state index contributed by atoms with van der Waals surface area (Å²) in [5.41, 5.74) is 14.0. The van der Waals surface area contributed by atoms with E-state index in [1.54, 1.807) is 0 Å². The molecule has 8 aromatic rings. The van der Waals surface area contributed by atoms with Crippen molar-refractivity contribution in [3.63, 3.8) is 0 Å². The molecule has 7 heteroatoms. The predicted octanol–water partition coefficient (Wildman–Crippen LogP) is 14.0. The van der Waals surface area contributed by atoms with Gasteiger partial charge in [-0.1, -0.05) is 95.3 Å². The van der Waals surface area contributed by atoms with Crippen LogP contribution in [-0.2, 0) is 43.9 Å². The van der Waals surface area contributed by atoms with E-state index < -0.39 is 0 Å². The molecule has 0 amide bonds. The molecule has 0 bridgehead atoms. The number of hydrogen-bond donors (Lipinski definition) is 0. The van der Waals surface area contributed by atoms with Crippen molar-refractivity contribution >= 4 is 38.8 Å². The summed E-state index contributed by atoms with van der Waals surface area (Å²) in [6, 6.07) is 42.5. The van der Waals surface area contributed by atoms with Crippen molar-refractivity contribution in [2.24, 2.45) is 5.41 Å². The molecular formula is C56H55IrN5O-4. The summed E-state index contributed by atoms with van der Waals surface area (Å²) in [7, 11) is 0. The molecule has 0 spiro atoms. The van der Waals surface area contributed by atoms with Crippen molar-refractivity contribution in [2.45, 2.75) is 99.0 Å². The Balaban J connectivity index is 0.000000144. The Morgan fingerprint density at radius 2 is 1.62 bits per heavy atom. The van der Waals surface area contributed by atoms with E-state index in [0.717, 1.165) is 63.2 Å². The minimum Gasteiger partial charge on any atom is -0.855 e. The van der Waals surface area contributed by atoms with E-state index in [1.807, 2.05) is 92.9 Å². The molecule has 4 aromatic heterocycles. The zero-order valence-corrected chi connectivity index (χ0v) is 40.2. The molecule has 0 atom stereocenters. The molecule has 1 radical (unpaired) electrons. The van der Waals surface area contributed by atoms with Crippen LogP contribution < -0.4 is 0 Å². The van der Waals surface area contributed by atoms with Gasteiger partial charge >= 0.3 is 0 Å². The van der Waals surface area contributed by atoms with Crippen molar-refractivity contribution in [3.8, 4) is 22.6 Å². The molecule has 63 heavy (non-hydrogen) atoms. The van der Waals surface area contributed by atoms with Gasteiger partial charge in [0, 0.05) is 49.5 Å². The van der Waals surface area contributed by atoms with E-state index in [4.69, 9.17) is 9.40 Å². The van der Waals surface area contributed by atoms with Crippen LogP contribution in [0.25, 0.3) is 61.2 Å². The summed E-state index contributed by atoms with van der Waals surface area (Å²) in [6.45, 7) is 20.8. The van der Waals surface area contributed by atoms with Gasteiger partial charge in [-0.05, 0) is 84.9 Å². The Labute approximate surface area is 386 Å². The molecule has 2 aliphatic rings. The summed E-state index contributed by atoms with van der Waals surface area (Å²) >= 11 is 0. The van der Waals surface area contributed by atoms with Crippen LogP contribution >= 0.6 is 0 Å². The minimum absolute atomic E-state index is 0. The molecule has 0 fully saturated rings. The van der Waals surface area contributed by atoms with Gasteiger partial charge in [-0.15, -0.1) is 101 Å². The number of imidazole rings is 1. The summed E-state index contributed by atoms with van der Waals surface area (Å²) in [5.74, 6) is 1.05. The summed E-state index contributed by atoms with van der Waals surface area (Å²) in [5, 5.41) is 12.7. The van der Waals surface area contributed by atoms with Gasteiger partial charge in [0.1, 0.15) is 0 Å². The predicted molar refractivity (Wildman–Crippen MR) is 256 cm³/mol. The molecule has 5 heterocycles. The van der Waals surface area contributed by atoms with Crippen LogP contribution in [0, 0.1) is 30.5 Å². The quantitative estimate of drug-likeness (QED) is 0.0977. The van der Waals surface area contributed by atoms with Gasteiger partial charge in [0.15, 0.2) is 0 Å². The first-order valence-electron chi connectivity index (χ1n) is 21.7. The molecule has 6 nitrogen and oxygen atoms in total. The van der Waals surface area contributed by atoms with E-state index in [9.17, 15) is 5.41 Å². The molecule has 1 aliphatic heterocycles. The number of furan rings is 1. The second-order valence-electron chi connectivity index (χ2n) is 18.7. The number of allylic oxidation sites excluding steroid dienone is 4. The zero-order valence-electron chi connectivity index (χ0n) is 37.9. The van der Waals surface area contributed by atoms with E-state index in [1.165, 1.54) is 35.0 Å². The fraction of sp³-hybridized carbons (Fsp3) is 0.286. The molecule has 1 aliphatic carbocycles. The standard InChI is InChI=1S/C23H24N2O.C17H18N.C16H13N2.Ir/c1-6-8-16(14-23(3,4)5)13-20(24)19-10-7-9-17-18-12-11-15(2)25-22(18)26-21(17)19;1-16(2)13-9-6-5-8-12(13)15-14(17(16,3)4)10-7-11-18-15;1-2-6-13(7-3-1)16-17-14-10-4-8-12-9-5-11-18(16)15(12)14;/h6-9,11-13H,14H2,1-5H3;5-7,9-11H,1-4H3;1-4,6,8,10H,5,9,11H2;/q-2;2*-1;/b8-6-,16-13+;;;. The number of aryl methyl sites for hydroxylation is 3. The Hall–Kier alpha value is -5.75. The maximum Gasteiger partial charge on any atom is 0.216 e. The zero-order chi connectivity index (χ0) is 43.8. The topological polar surface area (TPSA) is 79.0 Å². The SMILES string of the molecule is C/C=C\C(=C/C(=[N-])c1[c-]ccc2c1oc1nc(C)ccc12)CC(C)(C)C.CC1(C)c2ccc[c-]c2-c2ncccc2C1(C)C.[Ir].[c-]1ccccc1-c1nc2cccc3c2n1CCC3. The van der Waals surface area contributed by atoms with Gasteiger partial charge < -0.3 is 19.4 Å². The Morgan fingerprint density at radius 1 is 0.841 bits per heavy atom. The third-order valence-corrected chi connectivity index (χ3v) is 12.6. The van der Waals surface area contributed by atoms with Crippen LogP contribution in [0.1, 0.15) is 96.2 Å². The fourth-order valence-corrected chi connectivity index (χ4v) is 8.92. The maximum atomic E-state index is 10.8. The number of benzene rings is 4. The smallest absolute Gasteiger partial charge is 0.216 e. The third kappa shape index (κ3) is 8.92. The van der Waals surface area contributed by atoms with E-state index in [2.05, 4.69) is 124 Å². The van der Waals surface area contributed by atoms with Gasteiger partial charge in [0.2, 0.25) is 5.71 Å². The summed E-state index contributed by atoms with van der Waals surface area (Å²) in [6.07, 6.45) is 10.9. The van der Waals surface area contributed by atoms with Crippen LogP contribution in [0.3, 0.4) is 0 Å². The van der Waals surface area contributed by atoms with Crippen molar-refractivity contribution in [2.75, 3.05) is 0 Å². The van der Waals surface area contributed by atoms with Crippen LogP contribution in [0.5, 0.6) is 0 Å². The average Bonchev–Trinajstić information content (AvgIpc) is 3.83. The number of nitrogens with zero attached hydrogens (tertiary/aromatic N) is 5. The number of hydrogen-bond acceptors (Lipinski definition) is 4. The Bertz CT molecular complexity index is 2940. The van der Waals surface area contributed by atoms with E-state index in [-0.39, 0.29) is 42.1 Å². The number of rotatable bonds is 5. The first kappa shape index (κ1) is 45.3. The second-order valence-corrected chi connectivity index (χ2v) is 18.7. The largest absolute Gasteiger partial charge is 0.855 e. The third-order valence-electron chi connectivity index (χ3n) is 12.6. The van der Waals surface area contributed by atoms with Gasteiger partial charge in [0.05, 0.1) is 16.9 Å². The molecule has 0 unspecified atom stereocenters. The van der Waals surface area contributed by atoms with Gasteiger partial charge in [0.25, 0.3) is 0 Å². The molecule has 4 aromatic carbocycles. The molecular weight excluding hydrogens is 951 g/mol. The van der Waals surface area contributed by atoms with Crippen molar-refractivity contribution < 1.29 is 24.5 Å². The van der Waals surface area contributed by atoms with Crippen molar-refractivity contribution in [1.29, 1.82) is 0 Å². The minimum atomic E-state index is 0. The number of fused-ring (bicyclic) bond motifs is 6. The summed E-state index contributed by atoms with van der Waals surface area (Å²) in [4.78, 5) is 13.8. The van der Waals surface area contributed by atoms with Crippen molar-refractivity contribution in [1.82, 2.24) is 19.5 Å². The maximum absolute atomic E-state index is 10.8. The Morgan fingerprint density at radius 3 is 2.38 bits per heavy atom. The summed E-state index contributed by atoms with van der Waals surface area (Å²) < 4.78 is 8.30. The first-order chi connectivity index (χ1) is 29.7. The normalized spacial score (nSPS) is 14.8. The monoisotopic (exact) mass is 1010 g/mol. The van der Waals surface area contributed by atoms with Gasteiger partial charge in [-0.2, -0.15) is 0 Å². The number of pyridine rings is 2. The first-order valence-corrected chi connectivity index (χ1v) is 21.7. The molecule has 0 saturated heterocycles. The molecule has 323 valence electrons. The van der Waals surface area contributed by atoms with Crippen molar-refractivity contribution in [3.05, 3.63) is 179 Å². The van der Waals surface area contributed by atoms with Crippen LogP contribution in [0.2, 0.25) is 0 Å². The van der Waals surface area contributed by atoms with E-state index in [0.29, 0.717) is 16.9 Å². The number of para-hydroxylation sites is 1. The van der Waals surface area contributed by atoms with Crippen LogP contribution in [-0.4, -0.2) is 25.2 Å². The molecule has 0 N–H and O–H groups in total. The van der Waals surface area contributed by atoms with E-state index >= 15 is 0 Å². The van der Waals surface area contributed by atoms with Crippen LogP contribution in [0.4, 0.5) is 0 Å². The Kier molecular flexibility index (Phi) is 13.0. The molecule has 0 saturated carbocycles. The van der Waals surface area contributed by atoms with Crippen LogP contribution in [0.15, 0.2) is 131 Å². The number of aromatic nitrogens is 4. The fourth-order valence-electron chi connectivity index (χ4n) is 8.92. The molecule has 10 rings (SSSR count). The average molecular weight is 1010 g/mol.